The van der Waals surface area contributed by atoms with Gasteiger partial charge in [0.1, 0.15) is 17.6 Å². The van der Waals surface area contributed by atoms with Gasteiger partial charge in [-0.05, 0) is 55.7 Å². The van der Waals surface area contributed by atoms with Gasteiger partial charge < -0.3 is 19.5 Å². The van der Waals surface area contributed by atoms with E-state index in [1.807, 2.05) is 6.92 Å². The molecule has 2 aliphatic heterocycles. The highest BCUT2D eigenvalue weighted by Gasteiger charge is 2.47. The number of Topliss-reactive ketones (excluding diaryl/α,β-unsaturated/α-hetero) is 1. The van der Waals surface area contributed by atoms with E-state index in [9.17, 15) is 14.7 Å². The Balaban J connectivity index is 1.72. The van der Waals surface area contributed by atoms with Crippen LogP contribution in [0.1, 0.15) is 43.5 Å². The van der Waals surface area contributed by atoms with Crippen molar-refractivity contribution in [2.24, 2.45) is 0 Å². The van der Waals surface area contributed by atoms with Crippen molar-refractivity contribution in [3.8, 4) is 5.75 Å². The first-order valence-corrected chi connectivity index (χ1v) is 10.6. The summed E-state index contributed by atoms with van der Waals surface area (Å²) in [6.45, 7) is 3.55. The quantitative estimate of drug-likeness (QED) is 0.418. The first kappa shape index (κ1) is 21.1. The number of aliphatic hydroxyl groups is 1. The molecule has 2 saturated heterocycles. The molecule has 4 rings (SSSR count). The smallest absolute Gasteiger partial charge is 0.295 e. The molecule has 0 saturated carbocycles. The Hall–Kier alpha value is -3.19. The van der Waals surface area contributed by atoms with Crippen LogP contribution in [0.25, 0.3) is 5.76 Å². The number of carbonyl (C=O) groups is 2. The van der Waals surface area contributed by atoms with Gasteiger partial charge in [-0.15, -0.1) is 0 Å². The lowest BCUT2D eigenvalue weighted by Gasteiger charge is -2.26. The third kappa shape index (κ3) is 4.32. The van der Waals surface area contributed by atoms with Crippen LogP contribution in [-0.2, 0) is 14.3 Å². The van der Waals surface area contributed by atoms with Crippen molar-refractivity contribution in [3.63, 3.8) is 0 Å². The summed E-state index contributed by atoms with van der Waals surface area (Å²) in [6, 6.07) is 11.4. The average Bonchev–Trinajstić information content (AvgIpc) is 3.40. The van der Waals surface area contributed by atoms with Gasteiger partial charge in [-0.25, -0.2) is 0 Å². The Morgan fingerprint density at radius 2 is 2.03 bits per heavy atom. The van der Waals surface area contributed by atoms with Gasteiger partial charge in [0.05, 0.1) is 24.0 Å². The van der Waals surface area contributed by atoms with Crippen LogP contribution in [0.15, 0.2) is 54.2 Å². The minimum Gasteiger partial charge on any atom is -0.507 e. The molecule has 2 aromatic rings. The molecule has 1 amide bonds. The van der Waals surface area contributed by atoms with E-state index in [1.54, 1.807) is 48.7 Å². The molecular weight excluding hydrogens is 396 g/mol. The van der Waals surface area contributed by atoms with Gasteiger partial charge in [-0.3, -0.25) is 14.6 Å². The van der Waals surface area contributed by atoms with Crippen LogP contribution in [0.4, 0.5) is 0 Å². The second-order valence-corrected chi connectivity index (χ2v) is 7.71. The van der Waals surface area contributed by atoms with Gasteiger partial charge in [0.15, 0.2) is 0 Å². The average molecular weight is 422 g/mol. The lowest BCUT2D eigenvalue weighted by molar-refractivity contribution is -0.140. The summed E-state index contributed by atoms with van der Waals surface area (Å²) in [4.78, 5) is 31.8. The van der Waals surface area contributed by atoms with Crippen LogP contribution >= 0.6 is 0 Å². The first-order chi connectivity index (χ1) is 15.1. The number of aliphatic hydroxyl groups excluding tert-OH is 1. The van der Waals surface area contributed by atoms with Gasteiger partial charge in [0.25, 0.3) is 11.7 Å². The molecule has 3 heterocycles. The molecule has 0 radical (unpaired) electrons. The zero-order valence-electron chi connectivity index (χ0n) is 17.5. The van der Waals surface area contributed by atoms with Gasteiger partial charge in [0.2, 0.25) is 0 Å². The number of nitrogens with zero attached hydrogens (tertiary/aromatic N) is 2. The molecule has 1 N–H and O–H groups in total. The molecule has 0 spiro atoms. The normalized spacial score (nSPS) is 22.8. The number of aromatic nitrogens is 1. The fourth-order valence-corrected chi connectivity index (χ4v) is 4.01. The molecule has 2 atom stereocenters. The molecule has 7 nitrogen and oxygen atoms in total. The second kappa shape index (κ2) is 9.31. The van der Waals surface area contributed by atoms with Crippen LogP contribution in [0.3, 0.4) is 0 Å². The van der Waals surface area contributed by atoms with Crippen LogP contribution in [-0.4, -0.2) is 52.5 Å². The molecular formula is C24H26N2O5. The monoisotopic (exact) mass is 422 g/mol. The van der Waals surface area contributed by atoms with Crippen molar-refractivity contribution in [1.29, 1.82) is 0 Å². The van der Waals surface area contributed by atoms with E-state index >= 15 is 0 Å². The van der Waals surface area contributed by atoms with Crippen molar-refractivity contribution >= 4 is 17.4 Å². The number of ketones is 1. The Labute approximate surface area is 181 Å². The highest BCUT2D eigenvalue weighted by molar-refractivity contribution is 6.46. The van der Waals surface area contributed by atoms with Crippen LogP contribution in [0.2, 0.25) is 0 Å². The summed E-state index contributed by atoms with van der Waals surface area (Å²) in [7, 11) is 0. The number of amides is 1. The summed E-state index contributed by atoms with van der Waals surface area (Å²) in [5.41, 5.74) is 1.02. The lowest BCUT2D eigenvalue weighted by Crippen LogP contribution is -2.36. The summed E-state index contributed by atoms with van der Waals surface area (Å²) >= 11 is 0. The Morgan fingerprint density at radius 1 is 1.23 bits per heavy atom. The van der Waals surface area contributed by atoms with E-state index < -0.39 is 17.7 Å². The third-order valence-electron chi connectivity index (χ3n) is 5.53. The summed E-state index contributed by atoms with van der Waals surface area (Å²) in [6.07, 6.45) is 4.13. The Morgan fingerprint density at radius 3 is 2.68 bits per heavy atom. The van der Waals surface area contributed by atoms with Gasteiger partial charge in [0, 0.05) is 24.9 Å². The van der Waals surface area contributed by atoms with E-state index in [0.29, 0.717) is 30.2 Å². The second-order valence-electron chi connectivity index (χ2n) is 7.71. The zero-order valence-corrected chi connectivity index (χ0v) is 17.5. The number of pyridine rings is 1. The minimum absolute atomic E-state index is 0.0453. The van der Waals surface area contributed by atoms with Crippen molar-refractivity contribution in [1.82, 2.24) is 9.88 Å². The molecule has 1 aromatic carbocycles. The molecule has 2 fully saturated rings. The fourth-order valence-electron chi connectivity index (χ4n) is 4.01. The van der Waals surface area contributed by atoms with E-state index in [2.05, 4.69) is 4.98 Å². The van der Waals surface area contributed by atoms with Gasteiger partial charge in [-0.2, -0.15) is 0 Å². The maximum absolute atomic E-state index is 13.0. The van der Waals surface area contributed by atoms with E-state index in [4.69, 9.17) is 9.47 Å². The van der Waals surface area contributed by atoms with E-state index in [0.717, 1.165) is 19.3 Å². The highest BCUT2D eigenvalue weighted by atomic mass is 16.5. The predicted octanol–water partition coefficient (Wildman–Crippen LogP) is 3.47. The zero-order chi connectivity index (χ0) is 21.8. The van der Waals surface area contributed by atoms with Gasteiger partial charge >= 0.3 is 0 Å². The summed E-state index contributed by atoms with van der Waals surface area (Å²) < 4.78 is 11.3. The number of ether oxygens (including phenoxy) is 2. The fraction of sp³-hybridized carbons (Fsp3) is 0.375. The number of hydrogen-bond acceptors (Lipinski definition) is 6. The van der Waals surface area contributed by atoms with Crippen molar-refractivity contribution in [3.05, 3.63) is 65.5 Å². The van der Waals surface area contributed by atoms with Crippen LogP contribution in [0.5, 0.6) is 5.75 Å². The largest absolute Gasteiger partial charge is 0.507 e. The third-order valence-corrected chi connectivity index (χ3v) is 5.53. The Kier molecular flexibility index (Phi) is 6.32. The van der Waals surface area contributed by atoms with E-state index in [-0.39, 0.29) is 24.0 Å². The van der Waals surface area contributed by atoms with Crippen molar-refractivity contribution < 1.29 is 24.2 Å². The lowest BCUT2D eigenvalue weighted by atomic mass is 9.98. The molecule has 31 heavy (non-hydrogen) atoms. The molecule has 7 heteroatoms. The molecule has 2 unspecified atom stereocenters. The number of likely N-dealkylation sites (tertiary alicyclic amines) is 1. The number of hydrogen-bond donors (Lipinski definition) is 1. The highest BCUT2D eigenvalue weighted by Crippen LogP contribution is 2.39. The predicted molar refractivity (Wildman–Crippen MR) is 114 cm³/mol. The van der Waals surface area contributed by atoms with E-state index in [1.165, 1.54) is 4.90 Å². The van der Waals surface area contributed by atoms with Crippen LogP contribution in [0, 0.1) is 0 Å². The standard InChI is InChI=1S/C24H26N2O5/c1-2-13-30-17-10-8-16(9-11-17)22(27)20-21(19-7-3-4-12-25-19)26(24(29)23(20)28)15-18-6-5-14-31-18/h3-4,7-12,18,21,27H,2,5-6,13-15H2,1H3/b22-20-. The molecule has 1 aromatic heterocycles. The van der Waals surface area contributed by atoms with Crippen LogP contribution < -0.4 is 4.74 Å². The topological polar surface area (TPSA) is 89.0 Å². The van der Waals surface area contributed by atoms with Crippen molar-refractivity contribution in [2.45, 2.75) is 38.3 Å². The molecule has 162 valence electrons. The first-order valence-electron chi connectivity index (χ1n) is 10.6. The summed E-state index contributed by atoms with van der Waals surface area (Å²) in [5.74, 6) is -0.891. The SMILES string of the molecule is CCCOc1ccc(/C(O)=C2/C(=O)C(=O)N(CC3CCCO3)C2c2ccccn2)cc1. The molecule has 2 aliphatic rings. The number of carbonyl (C=O) groups excluding carboxylic acids is 2. The molecule has 0 aliphatic carbocycles. The van der Waals surface area contributed by atoms with Gasteiger partial charge in [-0.1, -0.05) is 13.0 Å². The Bertz CT molecular complexity index is 965. The summed E-state index contributed by atoms with van der Waals surface area (Å²) in [5, 5.41) is 11.1. The minimum atomic E-state index is -0.763. The van der Waals surface area contributed by atoms with Crippen molar-refractivity contribution in [2.75, 3.05) is 19.8 Å². The number of rotatable bonds is 7. The maximum atomic E-state index is 13.0. The maximum Gasteiger partial charge on any atom is 0.295 e. The molecule has 0 bridgehead atoms. The number of benzene rings is 1.